The second-order valence-corrected chi connectivity index (χ2v) is 4.86. The van der Waals surface area contributed by atoms with E-state index < -0.39 is 0 Å². The van der Waals surface area contributed by atoms with Gasteiger partial charge in [0, 0.05) is 24.4 Å². The van der Waals surface area contributed by atoms with Crippen LogP contribution in [0, 0.1) is 6.92 Å². The molecule has 3 rings (SSSR count). The van der Waals surface area contributed by atoms with Crippen LogP contribution in [0.25, 0.3) is 11.5 Å². The highest BCUT2D eigenvalue weighted by Crippen LogP contribution is 2.23. The quantitative estimate of drug-likeness (QED) is 0.799. The second-order valence-electron chi connectivity index (χ2n) is 4.86. The highest BCUT2D eigenvalue weighted by Gasteiger charge is 2.19. The van der Waals surface area contributed by atoms with Crippen molar-refractivity contribution in [1.82, 2.24) is 19.3 Å². The number of hydrogen-bond donors (Lipinski definition) is 1. The van der Waals surface area contributed by atoms with Crippen LogP contribution in [-0.2, 0) is 13.0 Å². The number of aliphatic hydroxyl groups excluding tert-OH is 1. The average molecular weight is 282 g/mol. The van der Waals surface area contributed by atoms with Crippen LogP contribution in [-0.4, -0.2) is 24.4 Å². The largest absolute Gasteiger partial charge is 0.391 e. The molecule has 21 heavy (non-hydrogen) atoms. The van der Waals surface area contributed by atoms with Crippen molar-refractivity contribution in [3.63, 3.8) is 0 Å². The highest BCUT2D eigenvalue weighted by molar-refractivity contribution is 5.46. The molecule has 0 aliphatic carbocycles. The summed E-state index contributed by atoms with van der Waals surface area (Å²) in [4.78, 5) is 4.37. The van der Waals surface area contributed by atoms with E-state index >= 15 is 0 Å². The third-order valence-corrected chi connectivity index (χ3v) is 3.58. The second kappa shape index (κ2) is 5.54. The van der Waals surface area contributed by atoms with Crippen molar-refractivity contribution in [3.05, 3.63) is 59.8 Å². The van der Waals surface area contributed by atoms with Crippen molar-refractivity contribution in [1.29, 1.82) is 0 Å². The first-order valence-corrected chi connectivity index (χ1v) is 7.03. The fourth-order valence-corrected chi connectivity index (χ4v) is 2.52. The monoisotopic (exact) mass is 282 g/mol. The summed E-state index contributed by atoms with van der Waals surface area (Å²) in [5, 5.41) is 14.3. The number of aliphatic hydroxyl groups is 1. The third kappa shape index (κ3) is 2.25. The lowest BCUT2D eigenvalue weighted by Crippen LogP contribution is -2.09. The SMILES string of the molecule is CCc1nccn1-c1c(CO)c(C)nn1-c1ccccc1. The van der Waals surface area contributed by atoms with E-state index in [-0.39, 0.29) is 6.61 Å². The molecule has 5 heteroatoms. The molecule has 0 unspecified atom stereocenters. The van der Waals surface area contributed by atoms with Gasteiger partial charge in [-0.25, -0.2) is 9.67 Å². The Labute approximate surface area is 123 Å². The van der Waals surface area contributed by atoms with Gasteiger partial charge in [0.2, 0.25) is 0 Å². The van der Waals surface area contributed by atoms with Crippen LogP contribution in [0.3, 0.4) is 0 Å². The zero-order chi connectivity index (χ0) is 14.8. The van der Waals surface area contributed by atoms with Gasteiger partial charge in [-0.2, -0.15) is 5.10 Å². The zero-order valence-electron chi connectivity index (χ0n) is 12.2. The molecule has 1 aromatic carbocycles. The Kier molecular flexibility index (Phi) is 3.58. The number of imidazole rings is 1. The molecule has 0 bridgehead atoms. The van der Waals surface area contributed by atoms with Gasteiger partial charge in [0.05, 0.1) is 18.0 Å². The van der Waals surface area contributed by atoms with Crippen molar-refractivity contribution in [2.24, 2.45) is 0 Å². The molecule has 108 valence electrons. The first-order valence-electron chi connectivity index (χ1n) is 7.03. The van der Waals surface area contributed by atoms with E-state index in [0.717, 1.165) is 35.0 Å². The van der Waals surface area contributed by atoms with Crippen LogP contribution in [0.1, 0.15) is 24.0 Å². The van der Waals surface area contributed by atoms with Crippen LogP contribution in [0.15, 0.2) is 42.7 Å². The maximum absolute atomic E-state index is 9.73. The Bertz CT molecular complexity index is 743. The lowest BCUT2D eigenvalue weighted by molar-refractivity contribution is 0.280. The average Bonchev–Trinajstić information content (AvgIpc) is 3.11. The van der Waals surface area contributed by atoms with Crippen LogP contribution in [0.5, 0.6) is 0 Å². The Balaban J connectivity index is 2.27. The molecular weight excluding hydrogens is 264 g/mol. The maximum Gasteiger partial charge on any atom is 0.147 e. The molecule has 0 saturated heterocycles. The van der Waals surface area contributed by atoms with Crippen molar-refractivity contribution < 1.29 is 5.11 Å². The van der Waals surface area contributed by atoms with Gasteiger partial charge in [-0.15, -0.1) is 0 Å². The number of para-hydroxylation sites is 1. The minimum Gasteiger partial charge on any atom is -0.391 e. The van der Waals surface area contributed by atoms with Gasteiger partial charge in [-0.1, -0.05) is 25.1 Å². The standard InChI is InChI=1S/C16H18N4O/c1-3-15-17-9-10-19(15)16-14(11-21)12(2)18-20(16)13-7-5-4-6-8-13/h4-10,21H,3,11H2,1-2H3. The number of aromatic nitrogens is 4. The van der Waals surface area contributed by atoms with E-state index in [2.05, 4.69) is 17.0 Å². The lowest BCUT2D eigenvalue weighted by atomic mass is 10.2. The van der Waals surface area contributed by atoms with Crippen molar-refractivity contribution in [2.45, 2.75) is 26.9 Å². The van der Waals surface area contributed by atoms with Gasteiger partial charge in [-0.05, 0) is 19.1 Å². The number of rotatable bonds is 4. The van der Waals surface area contributed by atoms with Gasteiger partial charge in [0.25, 0.3) is 0 Å². The van der Waals surface area contributed by atoms with Crippen molar-refractivity contribution in [2.75, 3.05) is 0 Å². The van der Waals surface area contributed by atoms with Gasteiger partial charge in [0.1, 0.15) is 11.6 Å². The summed E-state index contributed by atoms with van der Waals surface area (Å²) in [5.41, 5.74) is 2.62. The summed E-state index contributed by atoms with van der Waals surface area (Å²) in [7, 11) is 0. The molecule has 0 aliphatic rings. The summed E-state index contributed by atoms with van der Waals surface area (Å²) < 4.78 is 3.86. The Hall–Kier alpha value is -2.40. The molecular formula is C16H18N4O. The predicted octanol–water partition coefficient (Wildman–Crippen LogP) is 2.42. The Morgan fingerprint density at radius 3 is 2.62 bits per heavy atom. The molecule has 0 atom stereocenters. The molecule has 0 amide bonds. The molecule has 0 radical (unpaired) electrons. The smallest absolute Gasteiger partial charge is 0.147 e. The molecule has 0 fully saturated rings. The highest BCUT2D eigenvalue weighted by atomic mass is 16.3. The molecule has 1 N–H and O–H groups in total. The topological polar surface area (TPSA) is 55.9 Å². The maximum atomic E-state index is 9.73. The van der Waals surface area contributed by atoms with Crippen LogP contribution in [0.4, 0.5) is 0 Å². The van der Waals surface area contributed by atoms with E-state index in [1.54, 1.807) is 6.20 Å². The van der Waals surface area contributed by atoms with Crippen molar-refractivity contribution in [3.8, 4) is 11.5 Å². The zero-order valence-corrected chi connectivity index (χ0v) is 12.2. The van der Waals surface area contributed by atoms with E-state index in [9.17, 15) is 5.11 Å². The van der Waals surface area contributed by atoms with Gasteiger partial charge in [-0.3, -0.25) is 4.57 Å². The van der Waals surface area contributed by atoms with Crippen LogP contribution >= 0.6 is 0 Å². The van der Waals surface area contributed by atoms with E-state index in [1.807, 2.05) is 52.7 Å². The Morgan fingerprint density at radius 2 is 1.95 bits per heavy atom. The predicted molar refractivity (Wildman–Crippen MR) is 80.7 cm³/mol. The van der Waals surface area contributed by atoms with Gasteiger partial charge in [0.15, 0.2) is 0 Å². The fraction of sp³-hybridized carbons (Fsp3) is 0.250. The van der Waals surface area contributed by atoms with E-state index in [1.165, 1.54) is 0 Å². The van der Waals surface area contributed by atoms with Crippen LogP contribution in [0.2, 0.25) is 0 Å². The van der Waals surface area contributed by atoms with E-state index in [4.69, 9.17) is 0 Å². The summed E-state index contributed by atoms with van der Waals surface area (Å²) in [6, 6.07) is 9.92. The number of hydrogen-bond acceptors (Lipinski definition) is 3. The summed E-state index contributed by atoms with van der Waals surface area (Å²) in [5.74, 6) is 1.80. The number of nitrogens with zero attached hydrogens (tertiary/aromatic N) is 4. The molecule has 0 spiro atoms. The normalized spacial score (nSPS) is 11.0. The fourth-order valence-electron chi connectivity index (χ4n) is 2.52. The van der Waals surface area contributed by atoms with Crippen molar-refractivity contribution >= 4 is 0 Å². The minimum atomic E-state index is -0.0463. The summed E-state index contributed by atoms with van der Waals surface area (Å²) in [6.07, 6.45) is 4.50. The molecule has 5 nitrogen and oxygen atoms in total. The molecule has 3 aromatic rings. The third-order valence-electron chi connectivity index (χ3n) is 3.58. The molecule has 2 aromatic heterocycles. The molecule has 2 heterocycles. The summed E-state index contributed by atoms with van der Waals surface area (Å²) >= 11 is 0. The summed E-state index contributed by atoms with van der Waals surface area (Å²) in [6.45, 7) is 3.93. The Morgan fingerprint density at radius 1 is 1.19 bits per heavy atom. The van der Waals surface area contributed by atoms with E-state index in [0.29, 0.717) is 0 Å². The first-order chi connectivity index (χ1) is 10.3. The number of benzene rings is 1. The van der Waals surface area contributed by atoms with Gasteiger partial charge < -0.3 is 5.11 Å². The van der Waals surface area contributed by atoms with Gasteiger partial charge >= 0.3 is 0 Å². The number of aryl methyl sites for hydroxylation is 2. The first kappa shape index (κ1) is 13.6. The molecule has 0 saturated carbocycles. The van der Waals surface area contributed by atoms with Crippen LogP contribution < -0.4 is 0 Å². The molecule has 0 aliphatic heterocycles. The minimum absolute atomic E-state index is 0.0463. The lowest BCUT2D eigenvalue weighted by Gasteiger charge is -2.12.